The summed E-state index contributed by atoms with van der Waals surface area (Å²) in [5.41, 5.74) is 0. The number of unbranched alkanes of at least 4 members (excludes halogenated alkanes) is 25. The Bertz CT molecular complexity index is 1300. The summed E-state index contributed by atoms with van der Waals surface area (Å²) in [5.74, 6) is -0.440. The zero-order valence-electron chi connectivity index (χ0n) is 44.8. The van der Waals surface area contributed by atoms with Gasteiger partial charge in [0.1, 0.15) is 6.61 Å². The fourth-order valence-corrected chi connectivity index (χ4v) is 7.80. The number of carbonyl (C=O) groups is 2. The molecule has 5 nitrogen and oxygen atoms in total. The molecule has 0 aromatic rings. The Hall–Kier alpha value is -3.18. The maximum atomic E-state index is 12.9. The molecule has 0 aliphatic heterocycles. The van der Waals surface area contributed by atoms with Crippen LogP contribution in [0, 0.1) is 0 Å². The molecular formula is C63H108O5. The summed E-state index contributed by atoms with van der Waals surface area (Å²) in [6.45, 7) is 7.63. The maximum Gasteiger partial charge on any atom is 0.306 e. The van der Waals surface area contributed by atoms with E-state index in [4.69, 9.17) is 14.2 Å². The van der Waals surface area contributed by atoms with Crippen molar-refractivity contribution in [1.29, 1.82) is 0 Å². The third-order valence-electron chi connectivity index (χ3n) is 12.1. The fourth-order valence-electron chi connectivity index (χ4n) is 7.80. The first-order valence-corrected chi connectivity index (χ1v) is 28.8. The molecule has 0 bridgehead atoms. The minimum atomic E-state index is -0.561. The van der Waals surface area contributed by atoms with Gasteiger partial charge in [0.15, 0.2) is 6.10 Å². The molecule has 0 N–H and O–H groups in total. The van der Waals surface area contributed by atoms with Crippen molar-refractivity contribution in [2.24, 2.45) is 0 Å². The predicted octanol–water partition coefficient (Wildman–Crippen LogP) is 19.8. The van der Waals surface area contributed by atoms with E-state index in [1.807, 2.05) is 0 Å². The van der Waals surface area contributed by atoms with Gasteiger partial charge in [0.25, 0.3) is 0 Å². The molecule has 0 saturated heterocycles. The number of esters is 2. The van der Waals surface area contributed by atoms with E-state index in [1.165, 1.54) is 122 Å². The first-order valence-electron chi connectivity index (χ1n) is 28.8. The predicted molar refractivity (Wildman–Crippen MR) is 297 cm³/mol. The van der Waals surface area contributed by atoms with Gasteiger partial charge in [0.2, 0.25) is 0 Å². The highest BCUT2D eigenvalue weighted by Gasteiger charge is 2.17. The van der Waals surface area contributed by atoms with Gasteiger partial charge in [-0.3, -0.25) is 9.59 Å². The number of ether oxygens (including phenoxy) is 3. The standard InChI is InChI=1S/C63H108O5/c1-4-7-10-13-16-19-22-25-28-30-31-32-34-37-40-43-46-49-52-55-58-66-59-61(68-63(65)57-54-51-48-45-42-39-35-27-24-21-18-15-12-9-6-3)60-67-62(64)56-53-50-47-44-41-38-36-33-29-26-23-20-17-14-11-8-5-2/h8,11,16-21,25-29,35-36,38,61H,4-7,9-10,12-15,22-24,30-34,37,39-60H2,1-3H3/b11-8-,19-16-,20-17-,21-18-,28-25-,29-26-,35-27-,38-36-. The Labute approximate surface area is 422 Å². The van der Waals surface area contributed by atoms with Crippen LogP contribution in [0.4, 0.5) is 0 Å². The van der Waals surface area contributed by atoms with Crippen molar-refractivity contribution in [2.75, 3.05) is 19.8 Å². The van der Waals surface area contributed by atoms with Crippen LogP contribution in [-0.4, -0.2) is 37.9 Å². The molecule has 0 aromatic heterocycles. The van der Waals surface area contributed by atoms with Gasteiger partial charge in [0.05, 0.1) is 6.61 Å². The molecule has 68 heavy (non-hydrogen) atoms. The van der Waals surface area contributed by atoms with Crippen LogP contribution in [0.25, 0.3) is 0 Å². The van der Waals surface area contributed by atoms with Crippen LogP contribution in [0.15, 0.2) is 97.2 Å². The van der Waals surface area contributed by atoms with Crippen molar-refractivity contribution in [3.8, 4) is 0 Å². The van der Waals surface area contributed by atoms with Crippen LogP contribution < -0.4 is 0 Å². The van der Waals surface area contributed by atoms with E-state index in [2.05, 4.69) is 118 Å². The number of hydrogen-bond acceptors (Lipinski definition) is 5. The molecule has 0 aliphatic carbocycles. The Kier molecular flexibility index (Phi) is 55.4. The van der Waals surface area contributed by atoms with E-state index >= 15 is 0 Å². The van der Waals surface area contributed by atoms with Crippen molar-refractivity contribution >= 4 is 11.9 Å². The summed E-state index contributed by atoms with van der Waals surface area (Å²) >= 11 is 0. The minimum absolute atomic E-state index is 0.0616. The highest BCUT2D eigenvalue weighted by molar-refractivity contribution is 5.70. The summed E-state index contributed by atoms with van der Waals surface area (Å²) in [6, 6.07) is 0. The molecule has 0 amide bonds. The van der Waals surface area contributed by atoms with Crippen LogP contribution in [0.1, 0.15) is 265 Å². The molecule has 390 valence electrons. The highest BCUT2D eigenvalue weighted by atomic mass is 16.6. The monoisotopic (exact) mass is 945 g/mol. The second-order valence-electron chi connectivity index (χ2n) is 18.8. The lowest BCUT2D eigenvalue weighted by atomic mass is 10.1. The Morgan fingerprint density at radius 2 is 0.662 bits per heavy atom. The molecule has 0 spiro atoms. The average Bonchev–Trinajstić information content (AvgIpc) is 3.34. The van der Waals surface area contributed by atoms with Crippen LogP contribution in [-0.2, 0) is 23.8 Å². The van der Waals surface area contributed by atoms with Crippen molar-refractivity contribution in [3.05, 3.63) is 97.2 Å². The molecule has 1 atom stereocenters. The summed E-state index contributed by atoms with van der Waals surface area (Å²) in [4.78, 5) is 25.5. The first-order chi connectivity index (χ1) is 33.6. The molecule has 0 saturated carbocycles. The number of rotatable bonds is 52. The topological polar surface area (TPSA) is 61.8 Å². The Morgan fingerprint density at radius 1 is 0.338 bits per heavy atom. The van der Waals surface area contributed by atoms with Crippen LogP contribution in [0.3, 0.4) is 0 Å². The molecular weight excluding hydrogens is 837 g/mol. The van der Waals surface area contributed by atoms with Crippen LogP contribution in [0.5, 0.6) is 0 Å². The van der Waals surface area contributed by atoms with E-state index < -0.39 is 6.10 Å². The van der Waals surface area contributed by atoms with E-state index in [-0.39, 0.29) is 25.2 Å². The molecule has 0 aromatic carbocycles. The SMILES string of the molecule is CC/C=C\C/C=C\C/C=C\C/C=C\CCCCCCC(=O)OCC(COCCCCCCCCCCCC/C=C\C/C=C\CCCCC)OC(=O)CCCCCCC/C=C\C/C=C\CCCCC. The molecule has 0 heterocycles. The Balaban J connectivity index is 4.34. The molecule has 5 heteroatoms. The molecule has 1 unspecified atom stereocenters. The normalized spacial score (nSPS) is 12.9. The van der Waals surface area contributed by atoms with Gasteiger partial charge < -0.3 is 14.2 Å². The average molecular weight is 946 g/mol. The third-order valence-corrected chi connectivity index (χ3v) is 12.1. The van der Waals surface area contributed by atoms with E-state index in [0.717, 1.165) is 109 Å². The second kappa shape index (κ2) is 58.1. The van der Waals surface area contributed by atoms with Crippen molar-refractivity contribution < 1.29 is 23.8 Å². The lowest BCUT2D eigenvalue weighted by Gasteiger charge is -2.18. The summed E-state index contributed by atoms with van der Waals surface area (Å²) in [6.07, 6.45) is 78.5. The lowest BCUT2D eigenvalue weighted by Crippen LogP contribution is -2.30. The van der Waals surface area contributed by atoms with Crippen LogP contribution >= 0.6 is 0 Å². The molecule has 0 fully saturated rings. The molecule has 0 aliphatic rings. The smallest absolute Gasteiger partial charge is 0.306 e. The number of carbonyl (C=O) groups excluding carboxylic acids is 2. The largest absolute Gasteiger partial charge is 0.462 e. The maximum absolute atomic E-state index is 12.9. The first kappa shape index (κ1) is 64.8. The van der Waals surface area contributed by atoms with Gasteiger partial charge in [-0.1, -0.05) is 227 Å². The second-order valence-corrected chi connectivity index (χ2v) is 18.8. The summed E-state index contributed by atoms with van der Waals surface area (Å²) in [7, 11) is 0. The summed E-state index contributed by atoms with van der Waals surface area (Å²) < 4.78 is 17.5. The number of hydrogen-bond donors (Lipinski definition) is 0. The van der Waals surface area contributed by atoms with Gasteiger partial charge in [-0.05, 0) is 122 Å². The molecule has 0 radical (unpaired) electrons. The van der Waals surface area contributed by atoms with E-state index in [0.29, 0.717) is 19.4 Å². The lowest BCUT2D eigenvalue weighted by molar-refractivity contribution is -0.163. The quantitative estimate of drug-likeness (QED) is 0.0345. The highest BCUT2D eigenvalue weighted by Crippen LogP contribution is 2.14. The van der Waals surface area contributed by atoms with Crippen molar-refractivity contribution in [2.45, 2.75) is 271 Å². The van der Waals surface area contributed by atoms with Crippen molar-refractivity contribution in [1.82, 2.24) is 0 Å². The fraction of sp³-hybridized carbons (Fsp3) is 0.714. The van der Waals surface area contributed by atoms with Gasteiger partial charge >= 0.3 is 11.9 Å². The number of allylic oxidation sites excluding steroid dienone is 16. The van der Waals surface area contributed by atoms with E-state index in [1.54, 1.807) is 0 Å². The van der Waals surface area contributed by atoms with Crippen molar-refractivity contribution in [3.63, 3.8) is 0 Å². The molecule has 0 rings (SSSR count). The summed E-state index contributed by atoms with van der Waals surface area (Å²) in [5, 5.41) is 0. The van der Waals surface area contributed by atoms with Gasteiger partial charge in [-0.15, -0.1) is 0 Å². The van der Waals surface area contributed by atoms with Gasteiger partial charge in [0, 0.05) is 19.4 Å². The zero-order valence-corrected chi connectivity index (χ0v) is 44.8. The minimum Gasteiger partial charge on any atom is -0.462 e. The van der Waals surface area contributed by atoms with Crippen LogP contribution in [0.2, 0.25) is 0 Å². The Morgan fingerprint density at radius 3 is 1.06 bits per heavy atom. The third kappa shape index (κ3) is 55.4. The van der Waals surface area contributed by atoms with Gasteiger partial charge in [-0.25, -0.2) is 0 Å². The zero-order chi connectivity index (χ0) is 49.2. The van der Waals surface area contributed by atoms with E-state index in [9.17, 15) is 9.59 Å². The van der Waals surface area contributed by atoms with Gasteiger partial charge in [-0.2, -0.15) is 0 Å².